The summed E-state index contributed by atoms with van der Waals surface area (Å²) < 4.78 is 4.93. The van der Waals surface area contributed by atoms with Gasteiger partial charge in [-0.3, -0.25) is 14.9 Å². The maximum Gasteiger partial charge on any atom is 0.330 e. The Morgan fingerprint density at radius 2 is 2.00 bits per heavy atom. The van der Waals surface area contributed by atoms with Gasteiger partial charge in [0.1, 0.15) is 12.3 Å². The van der Waals surface area contributed by atoms with Crippen LogP contribution in [0.2, 0.25) is 0 Å². The third kappa shape index (κ3) is 5.09. The van der Waals surface area contributed by atoms with E-state index in [2.05, 4.69) is 10.3 Å². The molecular weight excluding hydrogens is 314 g/mol. The number of rotatable bonds is 7. The van der Waals surface area contributed by atoms with E-state index in [1.54, 1.807) is 18.3 Å². The van der Waals surface area contributed by atoms with Gasteiger partial charge in [-0.25, -0.2) is 4.79 Å². The number of nitrogens with zero attached hydrogens (tertiary/aromatic N) is 1. The van der Waals surface area contributed by atoms with Crippen molar-refractivity contribution in [3.8, 4) is 0 Å². The minimum Gasteiger partial charge on any atom is -0.461 e. The van der Waals surface area contributed by atoms with Crippen LogP contribution in [0.15, 0.2) is 48.7 Å². The van der Waals surface area contributed by atoms with Crippen LogP contribution < -0.4 is 5.32 Å². The number of ether oxygens (including phenoxy) is 1. The molecule has 1 amide bonds. The Labute approximate surface area is 137 Å². The molecule has 2 N–H and O–H groups in total. The molecule has 0 bridgehead atoms. The van der Waals surface area contributed by atoms with E-state index in [1.165, 1.54) is 36.4 Å². The van der Waals surface area contributed by atoms with Crippen molar-refractivity contribution in [2.75, 3.05) is 13.2 Å². The van der Waals surface area contributed by atoms with Crippen LogP contribution in [0, 0.1) is 10.1 Å². The van der Waals surface area contributed by atoms with Crippen LogP contribution in [0.1, 0.15) is 16.1 Å². The Hall–Kier alpha value is -3.42. The molecule has 0 aliphatic heterocycles. The molecular formula is C16H15N3O5. The molecule has 0 spiro atoms. The first-order valence-corrected chi connectivity index (χ1v) is 7.07. The number of benzene rings is 1. The molecule has 8 nitrogen and oxygen atoms in total. The zero-order chi connectivity index (χ0) is 17.4. The number of H-pyrrole nitrogens is 1. The Balaban J connectivity index is 1.71. The molecule has 124 valence electrons. The van der Waals surface area contributed by atoms with Crippen LogP contribution in [-0.4, -0.2) is 34.9 Å². The van der Waals surface area contributed by atoms with Gasteiger partial charge in [-0.05, 0) is 35.9 Å². The molecule has 0 aliphatic rings. The van der Waals surface area contributed by atoms with E-state index in [1.807, 2.05) is 0 Å². The standard InChI is InChI=1S/C16H15N3O5/c20-15(8-5-12-3-6-13(7-4-12)19(22)23)24-11-10-18-16(21)14-2-1-9-17-14/h1-9,17H,10-11H2,(H,18,21)/b8-5+. The Bertz CT molecular complexity index is 736. The molecule has 0 radical (unpaired) electrons. The van der Waals surface area contributed by atoms with E-state index in [0.29, 0.717) is 11.3 Å². The number of non-ortho nitro benzene ring substituents is 1. The zero-order valence-electron chi connectivity index (χ0n) is 12.6. The quantitative estimate of drug-likeness (QED) is 0.265. The first-order valence-electron chi connectivity index (χ1n) is 7.07. The molecule has 0 saturated carbocycles. The third-order valence-corrected chi connectivity index (χ3v) is 2.99. The number of hydrogen-bond donors (Lipinski definition) is 2. The number of carbonyl (C=O) groups excluding carboxylic acids is 2. The lowest BCUT2D eigenvalue weighted by molar-refractivity contribution is -0.384. The first kappa shape index (κ1) is 16.9. The maximum atomic E-state index is 11.6. The summed E-state index contributed by atoms with van der Waals surface area (Å²) in [6.45, 7) is 0.227. The van der Waals surface area contributed by atoms with Gasteiger partial charge in [0.15, 0.2) is 0 Å². The van der Waals surface area contributed by atoms with Gasteiger partial charge in [0.05, 0.1) is 11.5 Å². The molecule has 1 aromatic carbocycles. The van der Waals surface area contributed by atoms with Crippen molar-refractivity contribution in [3.63, 3.8) is 0 Å². The second kappa shape index (κ2) is 8.28. The van der Waals surface area contributed by atoms with Crippen molar-refractivity contribution >= 4 is 23.6 Å². The minimum atomic E-state index is -0.567. The van der Waals surface area contributed by atoms with Crippen molar-refractivity contribution in [2.24, 2.45) is 0 Å². The SMILES string of the molecule is O=C(/C=C/c1ccc([N+](=O)[O-])cc1)OCCNC(=O)c1ccc[nH]1. The van der Waals surface area contributed by atoms with E-state index in [0.717, 1.165) is 0 Å². The molecule has 24 heavy (non-hydrogen) atoms. The maximum absolute atomic E-state index is 11.6. The largest absolute Gasteiger partial charge is 0.461 e. The predicted molar refractivity (Wildman–Crippen MR) is 86.2 cm³/mol. The normalized spacial score (nSPS) is 10.5. The van der Waals surface area contributed by atoms with E-state index in [4.69, 9.17) is 4.74 Å². The second-order valence-corrected chi connectivity index (χ2v) is 4.69. The lowest BCUT2D eigenvalue weighted by atomic mass is 10.2. The van der Waals surface area contributed by atoms with Gasteiger partial charge >= 0.3 is 5.97 Å². The van der Waals surface area contributed by atoms with Crippen molar-refractivity contribution < 1.29 is 19.2 Å². The minimum absolute atomic E-state index is 0.0208. The Morgan fingerprint density at radius 3 is 2.62 bits per heavy atom. The summed E-state index contributed by atoms with van der Waals surface area (Å²) in [5.41, 5.74) is 1.05. The van der Waals surface area contributed by atoms with E-state index >= 15 is 0 Å². The van der Waals surface area contributed by atoms with E-state index in [-0.39, 0.29) is 24.7 Å². The molecule has 8 heteroatoms. The fraction of sp³-hybridized carbons (Fsp3) is 0.125. The molecule has 0 saturated heterocycles. The van der Waals surface area contributed by atoms with Crippen molar-refractivity contribution in [3.05, 3.63) is 70.0 Å². The van der Waals surface area contributed by atoms with Crippen LogP contribution in [-0.2, 0) is 9.53 Å². The summed E-state index contributed by atoms with van der Waals surface area (Å²) in [5, 5.41) is 13.1. The van der Waals surface area contributed by atoms with Gasteiger partial charge in [0.2, 0.25) is 0 Å². The van der Waals surface area contributed by atoms with Gasteiger partial charge in [-0.15, -0.1) is 0 Å². The number of hydrogen-bond acceptors (Lipinski definition) is 5. The van der Waals surface area contributed by atoms with Crippen LogP contribution in [0.25, 0.3) is 6.08 Å². The fourth-order valence-corrected chi connectivity index (χ4v) is 1.80. The molecule has 0 unspecified atom stereocenters. The highest BCUT2D eigenvalue weighted by molar-refractivity contribution is 5.92. The number of aromatic amines is 1. The monoisotopic (exact) mass is 329 g/mol. The summed E-state index contributed by atoms with van der Waals surface area (Å²) >= 11 is 0. The van der Waals surface area contributed by atoms with Gasteiger partial charge in [-0.2, -0.15) is 0 Å². The van der Waals surface area contributed by atoms with Crippen LogP contribution >= 0.6 is 0 Å². The molecule has 0 aliphatic carbocycles. The average Bonchev–Trinajstić information content (AvgIpc) is 3.11. The number of esters is 1. The highest BCUT2D eigenvalue weighted by Crippen LogP contribution is 2.12. The summed E-state index contributed by atoms with van der Waals surface area (Å²) in [6, 6.07) is 9.09. The molecule has 1 heterocycles. The summed E-state index contributed by atoms with van der Waals surface area (Å²) in [4.78, 5) is 35.9. The highest BCUT2D eigenvalue weighted by atomic mass is 16.6. The predicted octanol–water partition coefficient (Wildman–Crippen LogP) is 1.91. The first-order chi connectivity index (χ1) is 11.6. The summed E-state index contributed by atoms with van der Waals surface area (Å²) in [7, 11) is 0. The molecule has 1 aromatic heterocycles. The zero-order valence-corrected chi connectivity index (χ0v) is 12.6. The lowest BCUT2D eigenvalue weighted by Crippen LogP contribution is -2.28. The van der Waals surface area contributed by atoms with Crippen LogP contribution in [0.3, 0.4) is 0 Å². The van der Waals surface area contributed by atoms with E-state index < -0.39 is 10.9 Å². The van der Waals surface area contributed by atoms with Gasteiger partial charge in [0, 0.05) is 24.4 Å². The van der Waals surface area contributed by atoms with Crippen LogP contribution in [0.4, 0.5) is 5.69 Å². The number of nitro benzene ring substituents is 1. The summed E-state index contributed by atoms with van der Waals surface area (Å²) in [5.74, 6) is -0.847. The number of carbonyl (C=O) groups is 2. The smallest absolute Gasteiger partial charge is 0.330 e. The Morgan fingerprint density at radius 1 is 1.25 bits per heavy atom. The second-order valence-electron chi connectivity index (χ2n) is 4.69. The van der Waals surface area contributed by atoms with Crippen molar-refractivity contribution in [1.82, 2.24) is 10.3 Å². The number of nitro groups is 1. The average molecular weight is 329 g/mol. The van der Waals surface area contributed by atoms with Gasteiger partial charge < -0.3 is 15.0 Å². The van der Waals surface area contributed by atoms with Crippen LogP contribution in [0.5, 0.6) is 0 Å². The highest BCUT2D eigenvalue weighted by Gasteiger charge is 2.05. The summed E-state index contributed by atoms with van der Waals surface area (Å²) in [6.07, 6.45) is 4.34. The molecule has 2 aromatic rings. The van der Waals surface area contributed by atoms with Gasteiger partial charge in [0.25, 0.3) is 11.6 Å². The number of aromatic nitrogens is 1. The lowest BCUT2D eigenvalue weighted by Gasteiger charge is -2.04. The van der Waals surface area contributed by atoms with Crippen molar-refractivity contribution in [1.29, 1.82) is 0 Å². The number of amides is 1. The Kier molecular flexibility index (Phi) is 5.84. The van der Waals surface area contributed by atoms with E-state index in [9.17, 15) is 19.7 Å². The van der Waals surface area contributed by atoms with Gasteiger partial charge in [-0.1, -0.05) is 0 Å². The molecule has 2 rings (SSSR count). The molecule has 0 atom stereocenters. The third-order valence-electron chi connectivity index (χ3n) is 2.99. The van der Waals surface area contributed by atoms with Crippen molar-refractivity contribution in [2.45, 2.75) is 0 Å². The molecule has 0 fully saturated rings. The fourth-order valence-electron chi connectivity index (χ4n) is 1.80. The number of nitrogens with one attached hydrogen (secondary N) is 2. The topological polar surface area (TPSA) is 114 Å².